The van der Waals surface area contributed by atoms with Crippen molar-refractivity contribution in [3.63, 3.8) is 0 Å². The Bertz CT molecular complexity index is 278. The van der Waals surface area contributed by atoms with Crippen LogP contribution in [-0.2, 0) is 6.42 Å². The fourth-order valence-electron chi connectivity index (χ4n) is 0.966. The van der Waals surface area contributed by atoms with E-state index in [1.807, 2.05) is 0 Å². The Hall–Kier alpha value is -1.36. The van der Waals surface area contributed by atoms with Crippen LogP contribution in [0.15, 0.2) is 6.20 Å². The first-order chi connectivity index (χ1) is 6.31. The van der Waals surface area contributed by atoms with E-state index in [9.17, 15) is 0 Å². The summed E-state index contributed by atoms with van der Waals surface area (Å²) < 4.78 is 9.94. The van der Waals surface area contributed by atoms with Crippen LogP contribution < -0.4 is 15.2 Å². The molecule has 0 aliphatic carbocycles. The Morgan fingerprint density at radius 2 is 2.15 bits per heavy atom. The standard InChI is InChI=1S/C8H13N3O2/c1-12-7-5-10-8(13-2)6(11-7)3-4-9/h5H,3-4,9H2,1-2H3. The summed E-state index contributed by atoms with van der Waals surface area (Å²) in [4.78, 5) is 8.18. The summed E-state index contributed by atoms with van der Waals surface area (Å²) >= 11 is 0. The molecule has 5 heteroatoms. The van der Waals surface area contributed by atoms with Gasteiger partial charge < -0.3 is 15.2 Å². The summed E-state index contributed by atoms with van der Waals surface area (Å²) in [6, 6.07) is 0. The minimum atomic E-state index is 0.476. The maximum absolute atomic E-state index is 5.41. The highest BCUT2D eigenvalue weighted by Gasteiger charge is 2.06. The Morgan fingerprint density at radius 1 is 1.38 bits per heavy atom. The molecule has 13 heavy (non-hydrogen) atoms. The second kappa shape index (κ2) is 4.61. The predicted octanol–water partition coefficient (Wildman–Crippen LogP) is -0.00500. The first-order valence-corrected chi connectivity index (χ1v) is 3.95. The largest absolute Gasteiger partial charge is 0.480 e. The average Bonchev–Trinajstić information content (AvgIpc) is 2.18. The van der Waals surface area contributed by atoms with Crippen molar-refractivity contribution in [1.29, 1.82) is 0 Å². The number of nitrogens with zero attached hydrogens (tertiary/aromatic N) is 2. The molecule has 0 aliphatic rings. The molecule has 72 valence electrons. The maximum atomic E-state index is 5.41. The Balaban J connectivity index is 2.95. The van der Waals surface area contributed by atoms with Crippen LogP contribution in [-0.4, -0.2) is 30.7 Å². The highest BCUT2D eigenvalue weighted by molar-refractivity contribution is 5.22. The minimum Gasteiger partial charge on any atom is -0.480 e. The van der Waals surface area contributed by atoms with E-state index >= 15 is 0 Å². The zero-order valence-electron chi connectivity index (χ0n) is 7.78. The summed E-state index contributed by atoms with van der Waals surface area (Å²) in [7, 11) is 3.10. The number of ether oxygens (including phenoxy) is 2. The molecule has 1 rings (SSSR count). The van der Waals surface area contributed by atoms with E-state index in [-0.39, 0.29) is 0 Å². The van der Waals surface area contributed by atoms with Gasteiger partial charge in [0.2, 0.25) is 11.8 Å². The summed E-state index contributed by atoms with van der Waals surface area (Å²) in [6.07, 6.45) is 2.15. The molecule has 5 nitrogen and oxygen atoms in total. The van der Waals surface area contributed by atoms with E-state index < -0.39 is 0 Å². The topological polar surface area (TPSA) is 70.3 Å². The van der Waals surface area contributed by atoms with Crippen molar-refractivity contribution in [3.8, 4) is 11.8 Å². The van der Waals surface area contributed by atoms with Crippen molar-refractivity contribution < 1.29 is 9.47 Å². The monoisotopic (exact) mass is 183 g/mol. The number of methoxy groups -OCH3 is 2. The number of hydrogen-bond donors (Lipinski definition) is 1. The Kier molecular flexibility index (Phi) is 3.45. The van der Waals surface area contributed by atoms with Gasteiger partial charge in [0.25, 0.3) is 0 Å². The first kappa shape index (κ1) is 9.73. The summed E-state index contributed by atoms with van der Waals surface area (Å²) in [5.41, 5.74) is 6.14. The average molecular weight is 183 g/mol. The molecule has 0 fully saturated rings. The number of rotatable bonds is 4. The summed E-state index contributed by atoms with van der Waals surface area (Å²) in [5.74, 6) is 0.982. The quantitative estimate of drug-likeness (QED) is 0.711. The Labute approximate surface area is 76.9 Å². The minimum absolute atomic E-state index is 0.476. The van der Waals surface area contributed by atoms with Crippen LogP contribution in [0, 0.1) is 0 Å². The van der Waals surface area contributed by atoms with Gasteiger partial charge in [-0.05, 0) is 6.54 Å². The van der Waals surface area contributed by atoms with E-state index in [1.165, 1.54) is 6.20 Å². The van der Waals surface area contributed by atoms with E-state index in [2.05, 4.69) is 9.97 Å². The number of hydrogen-bond acceptors (Lipinski definition) is 5. The molecule has 0 bridgehead atoms. The molecule has 0 saturated heterocycles. The molecule has 0 aliphatic heterocycles. The lowest BCUT2D eigenvalue weighted by molar-refractivity contribution is 0.368. The molecule has 0 aromatic carbocycles. The van der Waals surface area contributed by atoms with Crippen molar-refractivity contribution >= 4 is 0 Å². The third-order valence-electron chi connectivity index (χ3n) is 1.57. The van der Waals surface area contributed by atoms with Gasteiger partial charge in [-0.1, -0.05) is 0 Å². The number of aromatic nitrogens is 2. The molecule has 1 aromatic heterocycles. The van der Waals surface area contributed by atoms with Gasteiger partial charge >= 0.3 is 0 Å². The van der Waals surface area contributed by atoms with Crippen molar-refractivity contribution in [2.75, 3.05) is 20.8 Å². The van der Waals surface area contributed by atoms with Gasteiger partial charge in [0.05, 0.1) is 20.4 Å². The molecule has 0 saturated carbocycles. The van der Waals surface area contributed by atoms with E-state index in [0.717, 1.165) is 5.69 Å². The second-order valence-corrected chi connectivity index (χ2v) is 2.41. The highest BCUT2D eigenvalue weighted by atomic mass is 16.5. The third kappa shape index (κ3) is 2.29. The fraction of sp³-hybridized carbons (Fsp3) is 0.500. The lowest BCUT2D eigenvalue weighted by Gasteiger charge is -2.06. The smallest absolute Gasteiger partial charge is 0.235 e. The fourth-order valence-corrected chi connectivity index (χ4v) is 0.966. The molecule has 0 atom stereocenters. The van der Waals surface area contributed by atoms with Crippen molar-refractivity contribution in [2.24, 2.45) is 5.73 Å². The van der Waals surface area contributed by atoms with Gasteiger partial charge in [0.15, 0.2) is 0 Å². The van der Waals surface area contributed by atoms with Gasteiger partial charge in [-0.3, -0.25) is 0 Å². The van der Waals surface area contributed by atoms with Crippen LogP contribution in [0.4, 0.5) is 0 Å². The molecule has 1 heterocycles. The molecular formula is C8H13N3O2. The zero-order valence-corrected chi connectivity index (χ0v) is 7.78. The van der Waals surface area contributed by atoms with Crippen molar-refractivity contribution in [2.45, 2.75) is 6.42 Å². The van der Waals surface area contributed by atoms with E-state index in [1.54, 1.807) is 14.2 Å². The second-order valence-electron chi connectivity index (χ2n) is 2.41. The maximum Gasteiger partial charge on any atom is 0.235 e. The lowest BCUT2D eigenvalue weighted by Crippen LogP contribution is -2.07. The molecular weight excluding hydrogens is 170 g/mol. The van der Waals surface area contributed by atoms with Gasteiger partial charge in [-0.15, -0.1) is 0 Å². The van der Waals surface area contributed by atoms with Gasteiger partial charge in [-0.2, -0.15) is 0 Å². The summed E-state index contributed by atoms with van der Waals surface area (Å²) in [5, 5.41) is 0. The van der Waals surface area contributed by atoms with Gasteiger partial charge in [0.1, 0.15) is 5.69 Å². The van der Waals surface area contributed by atoms with E-state index in [4.69, 9.17) is 15.2 Å². The van der Waals surface area contributed by atoms with Crippen molar-refractivity contribution in [1.82, 2.24) is 9.97 Å². The van der Waals surface area contributed by atoms with Gasteiger partial charge in [-0.25, -0.2) is 9.97 Å². The Morgan fingerprint density at radius 3 is 2.69 bits per heavy atom. The van der Waals surface area contributed by atoms with Crippen LogP contribution in [0.3, 0.4) is 0 Å². The van der Waals surface area contributed by atoms with E-state index in [0.29, 0.717) is 24.7 Å². The molecule has 2 N–H and O–H groups in total. The molecule has 0 spiro atoms. The van der Waals surface area contributed by atoms with Crippen LogP contribution in [0.5, 0.6) is 11.8 Å². The van der Waals surface area contributed by atoms with Crippen LogP contribution >= 0.6 is 0 Å². The molecule has 1 aromatic rings. The SMILES string of the molecule is COc1cnc(OC)c(CCN)n1. The lowest BCUT2D eigenvalue weighted by atomic mass is 10.3. The van der Waals surface area contributed by atoms with Crippen LogP contribution in [0.1, 0.15) is 5.69 Å². The number of nitrogens with two attached hydrogens (primary N) is 1. The predicted molar refractivity (Wildman–Crippen MR) is 47.9 cm³/mol. The highest BCUT2D eigenvalue weighted by Crippen LogP contribution is 2.15. The van der Waals surface area contributed by atoms with Crippen LogP contribution in [0.25, 0.3) is 0 Å². The molecule has 0 radical (unpaired) electrons. The zero-order chi connectivity index (χ0) is 9.68. The third-order valence-corrected chi connectivity index (χ3v) is 1.57. The van der Waals surface area contributed by atoms with Crippen LogP contribution in [0.2, 0.25) is 0 Å². The normalized spacial score (nSPS) is 9.77. The first-order valence-electron chi connectivity index (χ1n) is 3.95. The van der Waals surface area contributed by atoms with Crippen molar-refractivity contribution in [3.05, 3.63) is 11.9 Å². The summed E-state index contributed by atoms with van der Waals surface area (Å²) in [6.45, 7) is 0.512. The van der Waals surface area contributed by atoms with Gasteiger partial charge in [0, 0.05) is 6.42 Å². The molecule has 0 unspecified atom stereocenters. The molecule has 0 amide bonds.